The number of nitrogens with one attached hydrogen (secondary N) is 1. The van der Waals surface area contributed by atoms with Gasteiger partial charge in [-0.3, -0.25) is 4.79 Å². The number of carbonyl (C=O) groups excluding carboxylic acids is 1. The van der Waals surface area contributed by atoms with Crippen LogP contribution in [0.5, 0.6) is 0 Å². The van der Waals surface area contributed by atoms with Crippen LogP contribution in [0.3, 0.4) is 0 Å². The van der Waals surface area contributed by atoms with E-state index in [4.69, 9.17) is 21.3 Å². The molecule has 0 fully saturated rings. The molecule has 0 aliphatic rings. The molecule has 0 aliphatic heterocycles. The molecule has 0 bridgehead atoms. The van der Waals surface area contributed by atoms with Crippen molar-refractivity contribution in [2.75, 3.05) is 19.8 Å². The van der Waals surface area contributed by atoms with Crippen molar-refractivity contribution in [1.29, 1.82) is 0 Å². The number of carbonyl (C=O) groups is 1. The molecule has 2 aromatic heterocycles. The molecular formula is C20H22ClN3O2. The van der Waals surface area contributed by atoms with Crippen LogP contribution in [0.1, 0.15) is 19.0 Å². The number of aromatic nitrogens is 2. The number of nitrogens with zero attached hydrogens (tertiary/aromatic N) is 2. The predicted octanol–water partition coefficient (Wildman–Crippen LogP) is 3.74. The number of rotatable bonds is 8. The summed E-state index contributed by atoms with van der Waals surface area (Å²) in [6.45, 7) is 3.91. The molecule has 0 atom stereocenters. The van der Waals surface area contributed by atoms with Gasteiger partial charge in [0.15, 0.2) is 0 Å². The SMILES string of the molecule is CCOCCCNC(=O)Cc1c(-c2ccc(Cl)cc2)nc2ccccn12. The van der Waals surface area contributed by atoms with Gasteiger partial charge in [-0.05, 0) is 37.6 Å². The van der Waals surface area contributed by atoms with Crippen molar-refractivity contribution in [3.63, 3.8) is 0 Å². The third-order valence-corrected chi connectivity index (χ3v) is 4.32. The maximum Gasteiger partial charge on any atom is 0.226 e. The zero-order valence-corrected chi connectivity index (χ0v) is 15.5. The Morgan fingerprint density at radius 2 is 2.04 bits per heavy atom. The summed E-state index contributed by atoms with van der Waals surface area (Å²) in [6, 6.07) is 13.3. The number of hydrogen-bond acceptors (Lipinski definition) is 3. The van der Waals surface area contributed by atoms with Gasteiger partial charge in [0.1, 0.15) is 5.65 Å². The number of pyridine rings is 1. The van der Waals surface area contributed by atoms with Crippen molar-refractivity contribution in [1.82, 2.24) is 14.7 Å². The van der Waals surface area contributed by atoms with E-state index in [1.807, 2.05) is 60.0 Å². The minimum atomic E-state index is -0.0256. The van der Waals surface area contributed by atoms with Gasteiger partial charge in [0.05, 0.1) is 17.8 Å². The minimum Gasteiger partial charge on any atom is -0.382 e. The number of ether oxygens (including phenoxy) is 1. The number of halogens is 1. The van der Waals surface area contributed by atoms with E-state index in [0.29, 0.717) is 24.8 Å². The van der Waals surface area contributed by atoms with E-state index in [1.54, 1.807) is 0 Å². The molecule has 3 rings (SSSR count). The van der Waals surface area contributed by atoms with Crippen LogP contribution in [-0.2, 0) is 16.0 Å². The van der Waals surface area contributed by atoms with Crippen LogP contribution in [0, 0.1) is 0 Å². The van der Waals surface area contributed by atoms with Crippen LogP contribution < -0.4 is 5.32 Å². The maximum absolute atomic E-state index is 12.4. The fourth-order valence-electron chi connectivity index (χ4n) is 2.82. The van der Waals surface area contributed by atoms with Crippen LogP contribution in [0.2, 0.25) is 5.02 Å². The van der Waals surface area contributed by atoms with Crippen molar-refractivity contribution >= 4 is 23.2 Å². The molecule has 0 aliphatic carbocycles. The fraction of sp³-hybridized carbons (Fsp3) is 0.300. The average molecular weight is 372 g/mol. The van der Waals surface area contributed by atoms with E-state index >= 15 is 0 Å². The van der Waals surface area contributed by atoms with E-state index in [9.17, 15) is 4.79 Å². The van der Waals surface area contributed by atoms with Gasteiger partial charge in [-0.15, -0.1) is 0 Å². The molecule has 1 N–H and O–H groups in total. The second-order valence-corrected chi connectivity index (χ2v) is 6.36. The largest absolute Gasteiger partial charge is 0.382 e. The summed E-state index contributed by atoms with van der Waals surface area (Å²) in [4.78, 5) is 17.1. The molecule has 1 aromatic carbocycles. The summed E-state index contributed by atoms with van der Waals surface area (Å²) in [5.41, 5.74) is 3.43. The third kappa shape index (κ3) is 4.42. The standard InChI is InChI=1S/C20H22ClN3O2/c1-2-26-13-5-11-22-19(25)14-17-20(15-7-9-16(21)10-8-15)23-18-6-3-4-12-24(17)18/h3-4,6-10,12H,2,5,11,13-14H2,1H3,(H,22,25). The zero-order chi connectivity index (χ0) is 18.4. The lowest BCUT2D eigenvalue weighted by Crippen LogP contribution is -2.27. The minimum absolute atomic E-state index is 0.0256. The molecule has 0 spiro atoms. The summed E-state index contributed by atoms with van der Waals surface area (Å²) in [7, 11) is 0. The molecule has 0 saturated heterocycles. The average Bonchev–Trinajstić information content (AvgIpc) is 3.01. The van der Waals surface area contributed by atoms with Crippen molar-refractivity contribution in [2.45, 2.75) is 19.8 Å². The van der Waals surface area contributed by atoms with Gasteiger partial charge in [0.2, 0.25) is 5.91 Å². The molecule has 5 nitrogen and oxygen atoms in total. The number of hydrogen-bond donors (Lipinski definition) is 1. The first-order valence-corrected chi connectivity index (χ1v) is 9.13. The number of amides is 1. The number of benzene rings is 1. The molecule has 136 valence electrons. The first-order chi connectivity index (χ1) is 12.7. The highest BCUT2D eigenvalue weighted by molar-refractivity contribution is 6.30. The van der Waals surface area contributed by atoms with Crippen molar-refractivity contribution in [2.24, 2.45) is 0 Å². The Bertz CT molecular complexity index is 874. The molecular weight excluding hydrogens is 350 g/mol. The van der Waals surface area contributed by atoms with E-state index in [1.165, 1.54) is 0 Å². The summed E-state index contributed by atoms with van der Waals surface area (Å²) in [5.74, 6) is -0.0256. The van der Waals surface area contributed by atoms with Crippen LogP contribution >= 0.6 is 11.6 Å². The van der Waals surface area contributed by atoms with Crippen molar-refractivity contribution in [3.05, 3.63) is 59.4 Å². The molecule has 3 aromatic rings. The van der Waals surface area contributed by atoms with E-state index in [0.717, 1.165) is 29.0 Å². The third-order valence-electron chi connectivity index (χ3n) is 4.07. The molecule has 0 unspecified atom stereocenters. The van der Waals surface area contributed by atoms with E-state index < -0.39 is 0 Å². The van der Waals surface area contributed by atoms with Gasteiger partial charge in [-0.25, -0.2) is 4.98 Å². The summed E-state index contributed by atoms with van der Waals surface area (Å²) in [6.07, 6.45) is 2.99. The van der Waals surface area contributed by atoms with Crippen molar-refractivity contribution in [3.8, 4) is 11.3 Å². The second kappa shape index (κ2) is 8.83. The lowest BCUT2D eigenvalue weighted by atomic mass is 10.1. The fourth-order valence-corrected chi connectivity index (χ4v) is 2.94. The van der Waals surface area contributed by atoms with Gasteiger partial charge in [-0.1, -0.05) is 29.8 Å². The van der Waals surface area contributed by atoms with Crippen molar-refractivity contribution < 1.29 is 9.53 Å². The van der Waals surface area contributed by atoms with Gasteiger partial charge >= 0.3 is 0 Å². The van der Waals surface area contributed by atoms with Gasteiger partial charge in [0, 0.05) is 36.5 Å². The monoisotopic (exact) mass is 371 g/mol. The molecule has 0 radical (unpaired) electrons. The topological polar surface area (TPSA) is 55.6 Å². The highest BCUT2D eigenvalue weighted by atomic mass is 35.5. The summed E-state index contributed by atoms with van der Waals surface area (Å²) in [5, 5.41) is 3.62. The Balaban J connectivity index is 1.81. The highest BCUT2D eigenvalue weighted by Gasteiger charge is 2.16. The quantitative estimate of drug-likeness (QED) is 0.614. The smallest absolute Gasteiger partial charge is 0.226 e. The predicted molar refractivity (Wildman–Crippen MR) is 103 cm³/mol. The zero-order valence-electron chi connectivity index (χ0n) is 14.7. The Labute approximate surface area is 158 Å². The molecule has 6 heteroatoms. The Morgan fingerprint density at radius 3 is 2.81 bits per heavy atom. The first-order valence-electron chi connectivity index (χ1n) is 8.75. The van der Waals surface area contributed by atoms with Gasteiger partial charge in [-0.2, -0.15) is 0 Å². The molecule has 1 amide bonds. The van der Waals surface area contributed by atoms with E-state index in [2.05, 4.69) is 5.32 Å². The normalized spacial score (nSPS) is 11.0. The molecule has 2 heterocycles. The van der Waals surface area contributed by atoms with E-state index in [-0.39, 0.29) is 12.3 Å². The van der Waals surface area contributed by atoms with Gasteiger partial charge < -0.3 is 14.5 Å². The summed E-state index contributed by atoms with van der Waals surface area (Å²) < 4.78 is 7.25. The second-order valence-electron chi connectivity index (χ2n) is 5.92. The molecule has 26 heavy (non-hydrogen) atoms. The Hall–Kier alpha value is -2.37. The Kier molecular flexibility index (Phi) is 6.26. The summed E-state index contributed by atoms with van der Waals surface area (Å²) >= 11 is 6.00. The molecule has 0 saturated carbocycles. The maximum atomic E-state index is 12.4. The highest BCUT2D eigenvalue weighted by Crippen LogP contribution is 2.26. The first kappa shape index (κ1) is 18.4. The lowest BCUT2D eigenvalue weighted by Gasteiger charge is -2.08. The van der Waals surface area contributed by atoms with Gasteiger partial charge in [0.25, 0.3) is 0 Å². The number of fused-ring (bicyclic) bond motifs is 1. The van der Waals surface area contributed by atoms with Crippen LogP contribution in [0.25, 0.3) is 16.9 Å². The van der Waals surface area contributed by atoms with Crippen LogP contribution in [0.15, 0.2) is 48.7 Å². The lowest BCUT2D eigenvalue weighted by molar-refractivity contribution is -0.120. The van der Waals surface area contributed by atoms with Crippen LogP contribution in [-0.4, -0.2) is 35.1 Å². The number of imidazole rings is 1. The Morgan fingerprint density at radius 1 is 1.23 bits per heavy atom. The van der Waals surface area contributed by atoms with Crippen LogP contribution in [0.4, 0.5) is 0 Å².